The van der Waals surface area contributed by atoms with Crippen molar-refractivity contribution in [3.63, 3.8) is 0 Å². The van der Waals surface area contributed by atoms with Crippen LogP contribution in [0.1, 0.15) is 25.5 Å². The van der Waals surface area contributed by atoms with Gasteiger partial charge in [0.1, 0.15) is 0 Å². The first-order valence-corrected chi connectivity index (χ1v) is 4.76. The summed E-state index contributed by atoms with van der Waals surface area (Å²) in [6.45, 7) is 4.89. The van der Waals surface area contributed by atoms with Crippen LogP contribution in [-0.2, 0) is 4.79 Å². The molecule has 0 radical (unpaired) electrons. The Morgan fingerprint density at radius 3 is 3.00 bits per heavy atom. The summed E-state index contributed by atoms with van der Waals surface area (Å²) in [5, 5.41) is 5.82. The van der Waals surface area contributed by atoms with Crippen molar-refractivity contribution in [3.8, 4) is 0 Å². The van der Waals surface area contributed by atoms with Gasteiger partial charge in [0, 0.05) is 18.2 Å². The van der Waals surface area contributed by atoms with Crippen LogP contribution in [0.4, 0.5) is 0 Å². The van der Waals surface area contributed by atoms with Gasteiger partial charge in [0.25, 0.3) is 0 Å². The fraction of sp³-hybridized carbons (Fsp3) is 0.500. The van der Waals surface area contributed by atoms with Crippen LogP contribution in [0.15, 0.2) is 23.0 Å². The summed E-state index contributed by atoms with van der Waals surface area (Å²) < 4.78 is 4.95. The molecule has 14 heavy (non-hydrogen) atoms. The van der Waals surface area contributed by atoms with Gasteiger partial charge in [0.15, 0.2) is 0 Å². The molecule has 1 atom stereocenters. The third kappa shape index (κ3) is 3.22. The Balaban J connectivity index is 2.28. The predicted octanol–water partition coefficient (Wildman–Crippen LogP) is 1.07. The highest BCUT2D eigenvalue weighted by Gasteiger charge is 2.07. The van der Waals surface area contributed by atoms with E-state index in [4.69, 9.17) is 4.42 Å². The number of hydrogen-bond acceptors (Lipinski definition) is 3. The summed E-state index contributed by atoms with van der Waals surface area (Å²) in [6.07, 6.45) is 3.30. The summed E-state index contributed by atoms with van der Waals surface area (Å²) in [4.78, 5) is 11.1. The van der Waals surface area contributed by atoms with Gasteiger partial charge in [-0.1, -0.05) is 0 Å². The average Bonchev–Trinajstić information content (AvgIpc) is 2.67. The van der Waals surface area contributed by atoms with Gasteiger partial charge in [-0.15, -0.1) is 0 Å². The standard InChI is InChI=1S/C10H16N2O2/c1-3-11-10(13)6-12-8(2)9-4-5-14-7-9/h4-5,7-8,12H,3,6H2,1-2H3,(H,11,13). The highest BCUT2D eigenvalue weighted by molar-refractivity contribution is 5.77. The first-order chi connectivity index (χ1) is 6.74. The Morgan fingerprint density at radius 2 is 2.43 bits per heavy atom. The first kappa shape index (κ1) is 10.8. The first-order valence-electron chi connectivity index (χ1n) is 4.76. The zero-order valence-electron chi connectivity index (χ0n) is 8.54. The smallest absolute Gasteiger partial charge is 0.233 e. The molecule has 4 heteroatoms. The van der Waals surface area contributed by atoms with Gasteiger partial charge < -0.3 is 15.1 Å². The fourth-order valence-electron chi connectivity index (χ4n) is 1.14. The van der Waals surface area contributed by atoms with E-state index in [2.05, 4.69) is 10.6 Å². The van der Waals surface area contributed by atoms with Crippen molar-refractivity contribution in [1.82, 2.24) is 10.6 Å². The molecule has 1 aromatic heterocycles. The molecular formula is C10H16N2O2. The minimum absolute atomic E-state index is 0.0165. The van der Waals surface area contributed by atoms with E-state index in [9.17, 15) is 4.79 Å². The lowest BCUT2D eigenvalue weighted by atomic mass is 10.2. The molecule has 1 amide bonds. The highest BCUT2D eigenvalue weighted by Crippen LogP contribution is 2.11. The van der Waals surface area contributed by atoms with Crippen molar-refractivity contribution in [1.29, 1.82) is 0 Å². The van der Waals surface area contributed by atoms with Crippen molar-refractivity contribution >= 4 is 5.91 Å². The quantitative estimate of drug-likeness (QED) is 0.740. The second-order valence-electron chi connectivity index (χ2n) is 3.11. The molecule has 0 aliphatic rings. The van der Waals surface area contributed by atoms with Gasteiger partial charge in [-0.3, -0.25) is 4.79 Å². The van der Waals surface area contributed by atoms with E-state index in [1.54, 1.807) is 12.5 Å². The summed E-state index contributed by atoms with van der Waals surface area (Å²) in [5.41, 5.74) is 1.05. The zero-order valence-corrected chi connectivity index (χ0v) is 8.54. The average molecular weight is 196 g/mol. The molecule has 1 aromatic rings. The highest BCUT2D eigenvalue weighted by atomic mass is 16.3. The van der Waals surface area contributed by atoms with Crippen LogP contribution in [0.5, 0.6) is 0 Å². The largest absolute Gasteiger partial charge is 0.472 e. The summed E-state index contributed by atoms with van der Waals surface area (Å²) in [5.74, 6) is 0.0165. The van der Waals surface area contributed by atoms with Crippen LogP contribution in [-0.4, -0.2) is 19.0 Å². The molecule has 1 unspecified atom stereocenters. The molecule has 0 aliphatic heterocycles. The molecular weight excluding hydrogens is 180 g/mol. The van der Waals surface area contributed by atoms with Crippen molar-refractivity contribution < 1.29 is 9.21 Å². The number of hydrogen-bond donors (Lipinski definition) is 2. The second-order valence-corrected chi connectivity index (χ2v) is 3.11. The Kier molecular flexibility index (Phi) is 4.19. The maximum atomic E-state index is 11.1. The van der Waals surface area contributed by atoms with E-state index in [0.29, 0.717) is 13.1 Å². The van der Waals surface area contributed by atoms with Gasteiger partial charge in [0.2, 0.25) is 5.91 Å². The maximum absolute atomic E-state index is 11.1. The Morgan fingerprint density at radius 1 is 1.64 bits per heavy atom. The second kappa shape index (κ2) is 5.44. The number of likely N-dealkylation sites (N-methyl/N-ethyl adjacent to an activating group) is 1. The van der Waals surface area contributed by atoms with Crippen LogP contribution in [0.2, 0.25) is 0 Å². The molecule has 0 saturated heterocycles. The van der Waals surface area contributed by atoms with E-state index in [1.165, 1.54) is 0 Å². The molecule has 0 fully saturated rings. The SMILES string of the molecule is CCNC(=O)CNC(C)c1ccoc1. The van der Waals surface area contributed by atoms with Crippen molar-refractivity contribution in [3.05, 3.63) is 24.2 Å². The van der Waals surface area contributed by atoms with Gasteiger partial charge >= 0.3 is 0 Å². The van der Waals surface area contributed by atoms with Crippen molar-refractivity contribution in [2.75, 3.05) is 13.1 Å². The summed E-state index contributed by atoms with van der Waals surface area (Å²) >= 11 is 0. The van der Waals surface area contributed by atoms with Crippen LogP contribution < -0.4 is 10.6 Å². The molecule has 0 spiro atoms. The van der Waals surface area contributed by atoms with Gasteiger partial charge in [-0.2, -0.15) is 0 Å². The lowest BCUT2D eigenvalue weighted by Crippen LogP contribution is -2.34. The molecule has 78 valence electrons. The van der Waals surface area contributed by atoms with E-state index in [-0.39, 0.29) is 11.9 Å². The van der Waals surface area contributed by atoms with E-state index < -0.39 is 0 Å². The molecule has 0 bridgehead atoms. The maximum Gasteiger partial charge on any atom is 0.233 e. The Bertz CT molecular complexity index is 270. The lowest BCUT2D eigenvalue weighted by Gasteiger charge is -2.11. The minimum atomic E-state index is 0.0165. The van der Waals surface area contributed by atoms with Gasteiger partial charge in [0.05, 0.1) is 19.1 Å². The normalized spacial score (nSPS) is 12.4. The lowest BCUT2D eigenvalue weighted by molar-refractivity contribution is -0.120. The van der Waals surface area contributed by atoms with Crippen molar-refractivity contribution in [2.24, 2.45) is 0 Å². The number of amides is 1. The zero-order chi connectivity index (χ0) is 10.4. The molecule has 0 aromatic carbocycles. The van der Waals surface area contributed by atoms with Gasteiger partial charge in [-0.05, 0) is 19.9 Å². The number of rotatable bonds is 5. The summed E-state index contributed by atoms with van der Waals surface area (Å²) in [7, 11) is 0. The molecule has 1 rings (SSSR count). The van der Waals surface area contributed by atoms with E-state index >= 15 is 0 Å². The topological polar surface area (TPSA) is 54.3 Å². The van der Waals surface area contributed by atoms with Gasteiger partial charge in [-0.25, -0.2) is 0 Å². The predicted molar refractivity (Wildman–Crippen MR) is 53.8 cm³/mol. The molecule has 0 aliphatic carbocycles. The number of nitrogens with one attached hydrogen (secondary N) is 2. The van der Waals surface area contributed by atoms with E-state index in [1.807, 2.05) is 19.9 Å². The van der Waals surface area contributed by atoms with Crippen LogP contribution in [0.25, 0.3) is 0 Å². The Labute approximate surface area is 83.7 Å². The van der Waals surface area contributed by atoms with Crippen LogP contribution in [0.3, 0.4) is 0 Å². The number of carbonyl (C=O) groups excluding carboxylic acids is 1. The van der Waals surface area contributed by atoms with Crippen LogP contribution in [0, 0.1) is 0 Å². The molecule has 2 N–H and O–H groups in total. The van der Waals surface area contributed by atoms with Crippen LogP contribution >= 0.6 is 0 Å². The molecule has 4 nitrogen and oxygen atoms in total. The Hall–Kier alpha value is -1.29. The number of carbonyl (C=O) groups is 1. The third-order valence-electron chi connectivity index (χ3n) is 1.99. The third-order valence-corrected chi connectivity index (χ3v) is 1.99. The monoisotopic (exact) mass is 196 g/mol. The fourth-order valence-corrected chi connectivity index (χ4v) is 1.14. The summed E-state index contributed by atoms with van der Waals surface area (Å²) in [6, 6.07) is 2.02. The minimum Gasteiger partial charge on any atom is -0.472 e. The molecule has 0 saturated carbocycles. The van der Waals surface area contributed by atoms with E-state index in [0.717, 1.165) is 5.56 Å². The number of furan rings is 1. The molecule has 1 heterocycles. The van der Waals surface area contributed by atoms with Crippen molar-refractivity contribution in [2.45, 2.75) is 19.9 Å².